The zero-order chi connectivity index (χ0) is 10.3. The van der Waals surface area contributed by atoms with Gasteiger partial charge in [-0.2, -0.15) is 0 Å². The van der Waals surface area contributed by atoms with Crippen molar-refractivity contribution in [2.75, 3.05) is 0 Å². The molecule has 0 aromatic heterocycles. The average Bonchev–Trinajstić information content (AvgIpc) is 2.54. The van der Waals surface area contributed by atoms with Gasteiger partial charge in [-0.05, 0) is 24.8 Å². The zero-order valence-electron chi connectivity index (χ0n) is 8.96. The molecule has 2 aliphatic carbocycles. The summed E-state index contributed by atoms with van der Waals surface area (Å²) in [5.41, 5.74) is 2.28. The lowest BCUT2D eigenvalue weighted by molar-refractivity contribution is 0.0748. The van der Waals surface area contributed by atoms with Crippen LogP contribution in [-0.2, 0) is 6.42 Å². The minimum absolute atomic E-state index is 0.00192. The molecule has 2 aliphatic rings. The maximum absolute atomic E-state index is 12.4. The topological polar surface area (TPSA) is 17.1 Å². The maximum atomic E-state index is 12.4. The highest BCUT2D eigenvalue weighted by Crippen LogP contribution is 2.46. The highest BCUT2D eigenvalue weighted by molar-refractivity contribution is 6.04. The molecule has 78 valence electrons. The van der Waals surface area contributed by atoms with E-state index in [1.54, 1.807) is 0 Å². The van der Waals surface area contributed by atoms with Crippen molar-refractivity contribution in [2.24, 2.45) is 5.41 Å². The van der Waals surface area contributed by atoms with Crippen LogP contribution in [0.3, 0.4) is 0 Å². The number of rotatable bonds is 0. The second-order valence-electron chi connectivity index (χ2n) is 5.00. The van der Waals surface area contributed by atoms with Gasteiger partial charge in [0.15, 0.2) is 5.78 Å². The van der Waals surface area contributed by atoms with Gasteiger partial charge in [-0.3, -0.25) is 4.79 Å². The van der Waals surface area contributed by atoms with E-state index in [0.29, 0.717) is 5.78 Å². The zero-order valence-corrected chi connectivity index (χ0v) is 8.96. The average molecular weight is 200 g/mol. The molecular weight excluding hydrogens is 184 g/mol. The summed E-state index contributed by atoms with van der Waals surface area (Å²) in [6, 6.07) is 8.16. The van der Waals surface area contributed by atoms with Gasteiger partial charge in [0.2, 0.25) is 0 Å². The van der Waals surface area contributed by atoms with Gasteiger partial charge in [-0.1, -0.05) is 43.5 Å². The summed E-state index contributed by atoms with van der Waals surface area (Å²) in [5, 5.41) is 0. The number of hydrogen-bond acceptors (Lipinski definition) is 1. The predicted octanol–water partition coefficient (Wildman–Crippen LogP) is 3.38. The van der Waals surface area contributed by atoms with Crippen molar-refractivity contribution < 1.29 is 4.79 Å². The molecule has 1 heteroatoms. The Labute approximate surface area is 90.5 Å². The van der Waals surface area contributed by atoms with E-state index in [1.807, 2.05) is 18.2 Å². The molecule has 0 N–H and O–H groups in total. The van der Waals surface area contributed by atoms with Gasteiger partial charge in [0.1, 0.15) is 0 Å². The minimum atomic E-state index is 0.00192. The first kappa shape index (κ1) is 9.14. The molecule has 1 aromatic carbocycles. The van der Waals surface area contributed by atoms with Crippen LogP contribution in [0, 0.1) is 5.41 Å². The van der Waals surface area contributed by atoms with Crippen LogP contribution in [0.2, 0.25) is 0 Å². The number of carbonyl (C=O) groups excluding carboxylic acids is 1. The van der Waals surface area contributed by atoms with E-state index in [2.05, 4.69) is 6.07 Å². The molecule has 1 nitrogen and oxygen atoms in total. The van der Waals surface area contributed by atoms with E-state index < -0.39 is 0 Å². The van der Waals surface area contributed by atoms with Crippen LogP contribution < -0.4 is 0 Å². The third-order valence-electron chi connectivity index (χ3n) is 4.08. The van der Waals surface area contributed by atoms with Crippen LogP contribution in [0.1, 0.15) is 48.0 Å². The van der Waals surface area contributed by atoms with Gasteiger partial charge in [-0.15, -0.1) is 0 Å². The molecule has 0 heterocycles. The highest BCUT2D eigenvalue weighted by Gasteiger charge is 2.45. The SMILES string of the molecule is O=C1c2ccccc2CC12CCCCC2. The third-order valence-corrected chi connectivity index (χ3v) is 4.08. The van der Waals surface area contributed by atoms with Crippen LogP contribution in [0.15, 0.2) is 24.3 Å². The number of benzene rings is 1. The van der Waals surface area contributed by atoms with Crippen LogP contribution in [0.25, 0.3) is 0 Å². The van der Waals surface area contributed by atoms with Gasteiger partial charge in [0.05, 0.1) is 0 Å². The second-order valence-corrected chi connectivity index (χ2v) is 5.00. The van der Waals surface area contributed by atoms with E-state index in [4.69, 9.17) is 0 Å². The smallest absolute Gasteiger partial charge is 0.169 e. The van der Waals surface area contributed by atoms with Crippen molar-refractivity contribution in [3.8, 4) is 0 Å². The lowest BCUT2D eigenvalue weighted by Crippen LogP contribution is -2.30. The molecule has 1 spiro atoms. The van der Waals surface area contributed by atoms with Crippen molar-refractivity contribution in [2.45, 2.75) is 38.5 Å². The summed E-state index contributed by atoms with van der Waals surface area (Å²) in [5.74, 6) is 0.429. The summed E-state index contributed by atoms with van der Waals surface area (Å²) >= 11 is 0. The van der Waals surface area contributed by atoms with E-state index in [-0.39, 0.29) is 5.41 Å². The van der Waals surface area contributed by atoms with Crippen LogP contribution in [-0.4, -0.2) is 5.78 Å². The van der Waals surface area contributed by atoms with Gasteiger partial charge in [-0.25, -0.2) is 0 Å². The highest BCUT2D eigenvalue weighted by atomic mass is 16.1. The molecule has 0 atom stereocenters. The summed E-state index contributed by atoms with van der Waals surface area (Å²) in [6.45, 7) is 0. The summed E-state index contributed by atoms with van der Waals surface area (Å²) < 4.78 is 0. The molecule has 3 rings (SSSR count). The normalized spacial score (nSPS) is 23.1. The minimum Gasteiger partial charge on any atom is -0.294 e. The number of hydrogen-bond donors (Lipinski definition) is 0. The third kappa shape index (κ3) is 1.26. The Morgan fingerprint density at radius 3 is 2.47 bits per heavy atom. The fourth-order valence-electron chi connectivity index (χ4n) is 3.26. The molecule has 0 saturated heterocycles. The molecule has 15 heavy (non-hydrogen) atoms. The fraction of sp³-hybridized carbons (Fsp3) is 0.500. The lowest BCUT2D eigenvalue weighted by atomic mass is 9.71. The van der Waals surface area contributed by atoms with E-state index in [9.17, 15) is 4.79 Å². The maximum Gasteiger partial charge on any atom is 0.169 e. The van der Waals surface area contributed by atoms with Crippen LogP contribution in [0.4, 0.5) is 0 Å². The van der Waals surface area contributed by atoms with Crippen molar-refractivity contribution in [1.82, 2.24) is 0 Å². The number of ketones is 1. The second kappa shape index (κ2) is 3.19. The Bertz CT molecular complexity index is 400. The van der Waals surface area contributed by atoms with Gasteiger partial charge in [0, 0.05) is 11.0 Å². The number of Topliss-reactive ketones (excluding diaryl/α,β-unsaturated/α-hetero) is 1. The summed E-state index contributed by atoms with van der Waals surface area (Å²) in [7, 11) is 0. The Balaban J connectivity index is 2.01. The molecule has 0 unspecified atom stereocenters. The molecule has 1 fully saturated rings. The first-order valence-electron chi connectivity index (χ1n) is 5.95. The first-order valence-corrected chi connectivity index (χ1v) is 5.95. The van der Waals surface area contributed by atoms with Crippen molar-refractivity contribution in [3.05, 3.63) is 35.4 Å². The summed E-state index contributed by atoms with van der Waals surface area (Å²) in [6.07, 6.45) is 7.01. The Kier molecular flexibility index (Phi) is 1.95. The Morgan fingerprint density at radius 2 is 1.73 bits per heavy atom. The fourth-order valence-corrected chi connectivity index (χ4v) is 3.26. The van der Waals surface area contributed by atoms with Crippen molar-refractivity contribution in [3.63, 3.8) is 0 Å². The lowest BCUT2D eigenvalue weighted by Gasteiger charge is -2.31. The number of carbonyl (C=O) groups is 1. The molecular formula is C14H16O. The molecule has 0 amide bonds. The van der Waals surface area contributed by atoms with E-state index >= 15 is 0 Å². The monoisotopic (exact) mass is 200 g/mol. The molecule has 0 radical (unpaired) electrons. The molecule has 0 aliphatic heterocycles. The van der Waals surface area contributed by atoms with Crippen molar-refractivity contribution >= 4 is 5.78 Å². The van der Waals surface area contributed by atoms with E-state index in [0.717, 1.165) is 24.8 Å². The largest absolute Gasteiger partial charge is 0.294 e. The quantitative estimate of drug-likeness (QED) is 0.627. The van der Waals surface area contributed by atoms with Gasteiger partial charge < -0.3 is 0 Å². The number of fused-ring (bicyclic) bond motifs is 1. The van der Waals surface area contributed by atoms with Gasteiger partial charge >= 0.3 is 0 Å². The standard InChI is InChI=1S/C14H16O/c15-13-12-7-3-2-6-11(12)10-14(13)8-4-1-5-9-14/h2-3,6-7H,1,4-5,8-10H2. The molecule has 0 bridgehead atoms. The predicted molar refractivity (Wildman–Crippen MR) is 60.0 cm³/mol. The Morgan fingerprint density at radius 1 is 1.00 bits per heavy atom. The molecule has 1 aromatic rings. The van der Waals surface area contributed by atoms with E-state index in [1.165, 1.54) is 24.8 Å². The van der Waals surface area contributed by atoms with Crippen LogP contribution in [0.5, 0.6) is 0 Å². The van der Waals surface area contributed by atoms with Crippen molar-refractivity contribution in [1.29, 1.82) is 0 Å². The molecule has 1 saturated carbocycles. The van der Waals surface area contributed by atoms with Crippen LogP contribution >= 0.6 is 0 Å². The first-order chi connectivity index (χ1) is 7.32. The Hall–Kier alpha value is -1.11. The summed E-state index contributed by atoms with van der Waals surface area (Å²) in [4.78, 5) is 12.4. The van der Waals surface area contributed by atoms with Gasteiger partial charge in [0.25, 0.3) is 0 Å².